The highest BCUT2D eigenvalue weighted by molar-refractivity contribution is 7.58. The Hall–Kier alpha value is -3.27. The summed E-state index contributed by atoms with van der Waals surface area (Å²) in [6.45, 7) is -0.0437. The summed E-state index contributed by atoms with van der Waals surface area (Å²) in [5, 5.41) is 23.3. The van der Waals surface area contributed by atoms with E-state index in [1.54, 1.807) is 30.3 Å². The van der Waals surface area contributed by atoms with Crippen LogP contribution in [0.25, 0.3) is 0 Å². The highest BCUT2D eigenvalue weighted by Gasteiger charge is 2.33. The number of aliphatic hydroxyl groups excluding tert-OH is 1. The number of esters is 1. The average Bonchev–Trinajstić information content (AvgIpc) is 2.80. The minimum absolute atomic E-state index is 0.00582. The lowest BCUT2D eigenvalue weighted by atomic mass is 10.2. The van der Waals surface area contributed by atoms with Crippen molar-refractivity contribution < 1.29 is 38.6 Å². The molecule has 0 bridgehead atoms. The van der Waals surface area contributed by atoms with Crippen LogP contribution < -0.4 is 5.32 Å². The Bertz CT molecular complexity index is 982. The maximum Gasteiger partial charge on any atom is 0.408 e. The first-order chi connectivity index (χ1) is 15.1. The molecule has 12 heteroatoms. The molecule has 11 nitrogen and oxygen atoms in total. The van der Waals surface area contributed by atoms with E-state index >= 15 is 0 Å². The van der Waals surface area contributed by atoms with Crippen molar-refractivity contribution in [3.8, 4) is 0 Å². The van der Waals surface area contributed by atoms with Crippen LogP contribution in [0.15, 0.2) is 54.6 Å². The molecule has 0 aromatic heterocycles. The van der Waals surface area contributed by atoms with Crippen LogP contribution in [0.1, 0.15) is 23.4 Å². The van der Waals surface area contributed by atoms with Crippen molar-refractivity contribution in [1.29, 1.82) is 0 Å². The number of non-ortho nitro benzene ring substituents is 1. The van der Waals surface area contributed by atoms with Gasteiger partial charge in [-0.05, 0) is 29.7 Å². The molecular weight excluding hydrogens is 443 g/mol. The molecule has 0 saturated carbocycles. The van der Waals surface area contributed by atoms with E-state index in [0.717, 1.165) is 24.8 Å². The number of nitro groups is 1. The van der Waals surface area contributed by atoms with Crippen molar-refractivity contribution >= 4 is 25.1 Å². The van der Waals surface area contributed by atoms with Gasteiger partial charge in [-0.3, -0.25) is 14.7 Å². The van der Waals surface area contributed by atoms with Crippen molar-refractivity contribution in [2.45, 2.75) is 24.9 Å². The van der Waals surface area contributed by atoms with Crippen LogP contribution in [-0.2, 0) is 25.4 Å². The molecule has 1 amide bonds. The van der Waals surface area contributed by atoms with Crippen LogP contribution in [0.2, 0.25) is 0 Å². The van der Waals surface area contributed by atoms with Crippen LogP contribution in [-0.4, -0.2) is 46.3 Å². The van der Waals surface area contributed by atoms with Gasteiger partial charge in [0.15, 0.2) is 5.85 Å². The first kappa shape index (κ1) is 25.0. The highest BCUT2D eigenvalue weighted by atomic mass is 31.2. The minimum atomic E-state index is -4.27. The number of alkyl carbamates (subject to hydrolysis) is 1. The van der Waals surface area contributed by atoms with E-state index < -0.39 is 42.4 Å². The van der Waals surface area contributed by atoms with E-state index in [9.17, 15) is 34.3 Å². The summed E-state index contributed by atoms with van der Waals surface area (Å²) < 4.78 is 22.3. The minimum Gasteiger partial charge on any atom is -0.467 e. The number of hydrogen-bond donors (Lipinski definition) is 3. The fourth-order valence-corrected chi connectivity index (χ4v) is 4.25. The molecule has 32 heavy (non-hydrogen) atoms. The Morgan fingerprint density at radius 2 is 1.78 bits per heavy atom. The molecule has 3 N–H and O–H groups in total. The van der Waals surface area contributed by atoms with Crippen molar-refractivity contribution in [2.75, 3.05) is 13.3 Å². The summed E-state index contributed by atoms with van der Waals surface area (Å²) in [6, 6.07) is 12.1. The van der Waals surface area contributed by atoms with Gasteiger partial charge in [-0.15, -0.1) is 0 Å². The predicted octanol–water partition coefficient (Wildman–Crippen LogP) is 2.71. The van der Waals surface area contributed by atoms with Gasteiger partial charge in [0, 0.05) is 18.3 Å². The standard InChI is InChI=1S/C20H23N2O9P/c1-30-18(23)17(21-20(25)31-13-14-5-3-2-4-6-14)11-12-32(28,29)19(24)15-7-9-16(10-8-15)22(26)27/h2-10,17,19,24H,11-13H2,1H3,(H,21,25)(H,28,29)/t17-,19?/m1/s1. The third kappa shape index (κ3) is 7.16. The van der Waals surface area contributed by atoms with Crippen LogP contribution in [0.5, 0.6) is 0 Å². The molecule has 2 rings (SSSR count). The fraction of sp³-hybridized carbons (Fsp3) is 0.300. The molecule has 2 aromatic carbocycles. The van der Waals surface area contributed by atoms with Gasteiger partial charge in [0.2, 0.25) is 7.37 Å². The zero-order chi connectivity index (χ0) is 23.7. The number of ether oxygens (including phenoxy) is 2. The van der Waals surface area contributed by atoms with E-state index in [4.69, 9.17) is 4.74 Å². The van der Waals surface area contributed by atoms with Gasteiger partial charge in [0.1, 0.15) is 12.6 Å². The monoisotopic (exact) mass is 466 g/mol. The summed E-state index contributed by atoms with van der Waals surface area (Å²) in [6.07, 6.45) is -1.78. The molecule has 0 aliphatic rings. The summed E-state index contributed by atoms with van der Waals surface area (Å²) in [7, 11) is -3.18. The Morgan fingerprint density at radius 1 is 1.16 bits per heavy atom. The number of rotatable bonds is 10. The Kier molecular flexibility index (Phi) is 8.89. The third-order valence-electron chi connectivity index (χ3n) is 4.51. The second kappa shape index (κ2) is 11.4. The summed E-state index contributed by atoms with van der Waals surface area (Å²) in [5.74, 6) is -2.68. The van der Waals surface area contributed by atoms with Crippen molar-refractivity contribution in [1.82, 2.24) is 5.32 Å². The summed E-state index contributed by atoms with van der Waals surface area (Å²) in [4.78, 5) is 44.4. The molecular formula is C20H23N2O9P. The maximum atomic E-state index is 12.6. The first-order valence-corrected chi connectivity index (χ1v) is 11.3. The lowest BCUT2D eigenvalue weighted by Gasteiger charge is -2.21. The topological polar surface area (TPSA) is 165 Å². The van der Waals surface area contributed by atoms with Crippen molar-refractivity contribution in [3.05, 3.63) is 75.8 Å². The number of nitrogens with one attached hydrogen (secondary N) is 1. The van der Waals surface area contributed by atoms with Crippen LogP contribution in [0, 0.1) is 10.1 Å². The van der Waals surface area contributed by atoms with E-state index in [-0.39, 0.29) is 24.3 Å². The number of aliphatic hydroxyl groups is 1. The number of nitrogens with zero attached hydrogens (tertiary/aromatic N) is 1. The first-order valence-electron chi connectivity index (χ1n) is 9.43. The van der Waals surface area contributed by atoms with Crippen molar-refractivity contribution in [3.63, 3.8) is 0 Å². The lowest BCUT2D eigenvalue weighted by molar-refractivity contribution is -0.384. The van der Waals surface area contributed by atoms with Gasteiger partial charge >= 0.3 is 12.1 Å². The van der Waals surface area contributed by atoms with E-state index in [1.807, 2.05) is 0 Å². The van der Waals surface area contributed by atoms with Gasteiger partial charge in [-0.1, -0.05) is 30.3 Å². The number of carbonyl (C=O) groups is 2. The second-order valence-electron chi connectivity index (χ2n) is 6.77. The molecule has 0 saturated heterocycles. The van der Waals surface area contributed by atoms with Gasteiger partial charge < -0.3 is 24.8 Å². The van der Waals surface area contributed by atoms with E-state index in [2.05, 4.69) is 10.1 Å². The summed E-state index contributed by atoms with van der Waals surface area (Å²) >= 11 is 0. The Balaban J connectivity index is 1.98. The summed E-state index contributed by atoms with van der Waals surface area (Å²) in [5.41, 5.74) is 0.493. The number of hydrogen-bond acceptors (Lipinski definition) is 8. The molecule has 3 atom stereocenters. The van der Waals surface area contributed by atoms with Gasteiger partial charge in [-0.2, -0.15) is 0 Å². The molecule has 0 fully saturated rings. The number of amides is 1. The number of carbonyl (C=O) groups excluding carboxylic acids is 2. The zero-order valence-corrected chi connectivity index (χ0v) is 18.0. The van der Waals surface area contributed by atoms with E-state index in [1.165, 1.54) is 12.1 Å². The molecule has 0 aliphatic carbocycles. The predicted molar refractivity (Wildman–Crippen MR) is 113 cm³/mol. The highest BCUT2D eigenvalue weighted by Crippen LogP contribution is 2.54. The normalized spacial score (nSPS) is 14.5. The molecule has 0 heterocycles. The van der Waals surface area contributed by atoms with E-state index in [0.29, 0.717) is 0 Å². The number of benzene rings is 2. The van der Waals surface area contributed by atoms with Crippen LogP contribution >= 0.6 is 7.37 Å². The molecule has 0 aliphatic heterocycles. The van der Waals surface area contributed by atoms with Crippen LogP contribution in [0.4, 0.5) is 10.5 Å². The van der Waals surface area contributed by atoms with Crippen LogP contribution in [0.3, 0.4) is 0 Å². The van der Waals surface area contributed by atoms with Gasteiger partial charge in [0.25, 0.3) is 5.69 Å². The second-order valence-corrected chi connectivity index (χ2v) is 9.22. The number of nitro benzene ring substituents is 1. The largest absolute Gasteiger partial charge is 0.467 e. The Labute approximate surface area is 183 Å². The molecule has 2 unspecified atom stereocenters. The average molecular weight is 466 g/mol. The van der Waals surface area contributed by atoms with Gasteiger partial charge in [-0.25, -0.2) is 9.59 Å². The zero-order valence-electron chi connectivity index (χ0n) is 17.1. The maximum absolute atomic E-state index is 12.6. The Morgan fingerprint density at radius 3 is 2.34 bits per heavy atom. The quantitative estimate of drug-likeness (QED) is 0.206. The van der Waals surface area contributed by atoms with Gasteiger partial charge in [0.05, 0.1) is 12.0 Å². The number of methoxy groups -OCH3 is 1. The smallest absolute Gasteiger partial charge is 0.408 e. The van der Waals surface area contributed by atoms with Crippen molar-refractivity contribution in [2.24, 2.45) is 0 Å². The molecule has 2 aromatic rings. The molecule has 0 radical (unpaired) electrons. The fourth-order valence-electron chi connectivity index (χ4n) is 2.74. The third-order valence-corrected chi connectivity index (χ3v) is 6.47. The molecule has 172 valence electrons. The molecule has 0 spiro atoms. The SMILES string of the molecule is COC(=O)[C@@H](CCP(=O)(O)C(O)c1ccc([N+](=O)[O-])cc1)NC(=O)OCc1ccccc1. The lowest BCUT2D eigenvalue weighted by Crippen LogP contribution is -2.42.